The molecule has 4 aromatic carbocycles. The molecule has 2 aliphatic heterocycles. The highest BCUT2D eigenvalue weighted by Gasteiger charge is 2.28. The Morgan fingerprint density at radius 1 is 0.702 bits per heavy atom. The quantitative estimate of drug-likeness (QED) is 0.118. The first-order chi connectivity index (χ1) is 22.4. The molecule has 1 amide bonds. The van der Waals surface area contributed by atoms with E-state index < -0.39 is 0 Å². The molecule has 2 aliphatic rings. The van der Waals surface area contributed by atoms with Gasteiger partial charge in [0.2, 0.25) is 5.91 Å². The van der Waals surface area contributed by atoms with Crippen LogP contribution in [0.5, 0.6) is 11.5 Å². The number of nitrogens with two attached hydrogens (primary N) is 1. The van der Waals surface area contributed by atoms with Gasteiger partial charge in [0.25, 0.3) is 0 Å². The molecule has 4 atom stereocenters. The van der Waals surface area contributed by atoms with Gasteiger partial charge in [0, 0.05) is 29.3 Å². The molecule has 2 fully saturated rings. The lowest BCUT2D eigenvalue weighted by molar-refractivity contribution is -0.119. The average molecular weight is 758 g/mol. The SMILES string of the molecule is C.CI.C[C@@H]1CC[C@H](c2ccc(OCc3ccccc3F)cc2)N1.NC(=O)[C@@H]1CC[C@H](c2ccc(OCc3ccccc3F)cc2)N1. The molecule has 4 aromatic rings. The summed E-state index contributed by atoms with van der Waals surface area (Å²) < 4.78 is 38.3. The van der Waals surface area contributed by atoms with Crippen molar-refractivity contribution in [2.24, 2.45) is 5.73 Å². The Kier molecular flexibility index (Phi) is 15.6. The Bertz CT molecular complexity index is 1520. The predicted molar refractivity (Wildman–Crippen MR) is 194 cm³/mol. The van der Waals surface area contributed by atoms with E-state index in [0.29, 0.717) is 29.0 Å². The standard InChI is InChI=1S/C18H19FN2O2.C18H20FNO.CH3I.CH4/c19-15-4-2-1-3-13(15)11-23-14-7-5-12(6-8-14)16-9-10-17(21-16)18(20)22;1-13-6-11-18(20-13)14-7-9-16(10-8-14)21-12-15-4-2-3-5-17(15)19;1-2;/h1-8,16-17,21H,9-11H2,(H2,20,22);2-5,7-10,13,18,20H,6,11-12H2,1H3;1H3;1H4/t16-,17+;13-,18-;;/m11../s1. The molecule has 6 rings (SSSR count). The number of alkyl halides is 1. The number of nitrogens with one attached hydrogen (secondary N) is 2. The van der Waals surface area contributed by atoms with Crippen LogP contribution in [-0.2, 0) is 18.0 Å². The number of benzene rings is 4. The van der Waals surface area contributed by atoms with Gasteiger partial charge in [0.15, 0.2) is 0 Å². The third-order valence-electron chi connectivity index (χ3n) is 8.13. The lowest BCUT2D eigenvalue weighted by Gasteiger charge is -2.13. The van der Waals surface area contributed by atoms with Crippen LogP contribution in [0.4, 0.5) is 8.78 Å². The van der Waals surface area contributed by atoms with Crippen LogP contribution >= 0.6 is 22.6 Å². The van der Waals surface area contributed by atoms with Gasteiger partial charge < -0.3 is 20.5 Å². The number of ether oxygens (including phenoxy) is 2. The van der Waals surface area contributed by atoms with Gasteiger partial charge in [0.1, 0.15) is 36.3 Å². The van der Waals surface area contributed by atoms with E-state index in [2.05, 4.69) is 52.3 Å². The van der Waals surface area contributed by atoms with Crippen molar-refractivity contribution in [3.8, 4) is 11.5 Å². The van der Waals surface area contributed by atoms with Gasteiger partial charge in [-0.25, -0.2) is 8.78 Å². The summed E-state index contributed by atoms with van der Waals surface area (Å²) in [6.07, 6.45) is 4.03. The third kappa shape index (κ3) is 11.3. The maximum atomic E-state index is 13.5. The molecule has 2 saturated heterocycles. The molecule has 47 heavy (non-hydrogen) atoms. The van der Waals surface area contributed by atoms with Gasteiger partial charge >= 0.3 is 0 Å². The second kappa shape index (κ2) is 19.3. The van der Waals surface area contributed by atoms with Crippen molar-refractivity contribution in [3.63, 3.8) is 0 Å². The van der Waals surface area contributed by atoms with Crippen molar-refractivity contribution < 1.29 is 23.0 Å². The maximum absolute atomic E-state index is 13.5. The smallest absolute Gasteiger partial charge is 0.234 e. The monoisotopic (exact) mass is 757 g/mol. The summed E-state index contributed by atoms with van der Waals surface area (Å²) in [5, 5.41) is 6.79. The van der Waals surface area contributed by atoms with Gasteiger partial charge in [-0.1, -0.05) is 90.7 Å². The Morgan fingerprint density at radius 2 is 1.13 bits per heavy atom. The highest BCUT2D eigenvalue weighted by Crippen LogP contribution is 2.29. The fourth-order valence-electron chi connectivity index (χ4n) is 5.57. The van der Waals surface area contributed by atoms with Crippen LogP contribution < -0.4 is 25.8 Å². The average Bonchev–Trinajstić information content (AvgIpc) is 3.76. The molecule has 4 N–H and O–H groups in total. The van der Waals surface area contributed by atoms with Crippen LogP contribution in [0.25, 0.3) is 0 Å². The molecule has 0 aromatic heterocycles. The summed E-state index contributed by atoms with van der Waals surface area (Å²) in [5.41, 5.74) is 8.80. The molecule has 0 aliphatic carbocycles. The van der Waals surface area contributed by atoms with Gasteiger partial charge in [-0.2, -0.15) is 0 Å². The van der Waals surface area contributed by atoms with Crippen molar-refractivity contribution in [1.29, 1.82) is 0 Å². The molecule has 6 nitrogen and oxygen atoms in total. The minimum absolute atomic E-state index is 0. The topological polar surface area (TPSA) is 85.6 Å². The van der Waals surface area contributed by atoms with Crippen molar-refractivity contribution in [3.05, 3.63) is 131 Å². The van der Waals surface area contributed by atoms with Crippen LogP contribution in [0.1, 0.15) is 74.4 Å². The molecule has 0 radical (unpaired) electrons. The fourth-order valence-corrected chi connectivity index (χ4v) is 5.57. The zero-order valence-electron chi connectivity index (χ0n) is 26.2. The third-order valence-corrected chi connectivity index (χ3v) is 8.13. The van der Waals surface area contributed by atoms with Crippen molar-refractivity contribution in [2.45, 2.75) is 77.4 Å². The molecular weight excluding hydrogens is 711 g/mol. The van der Waals surface area contributed by atoms with E-state index in [1.807, 2.05) is 47.4 Å². The minimum Gasteiger partial charge on any atom is -0.489 e. The first-order valence-corrected chi connectivity index (χ1v) is 17.6. The Balaban J connectivity index is 0.000000239. The zero-order chi connectivity index (χ0) is 32.9. The summed E-state index contributed by atoms with van der Waals surface area (Å²) >= 11 is 2.15. The molecule has 9 heteroatoms. The molecule has 0 bridgehead atoms. The molecule has 2 heterocycles. The van der Waals surface area contributed by atoms with Crippen LogP contribution in [0.2, 0.25) is 0 Å². The van der Waals surface area contributed by atoms with E-state index in [4.69, 9.17) is 15.2 Å². The van der Waals surface area contributed by atoms with Crippen molar-refractivity contribution in [2.75, 3.05) is 4.93 Å². The summed E-state index contributed by atoms with van der Waals surface area (Å²) in [5.74, 6) is 0.655. The summed E-state index contributed by atoms with van der Waals surface area (Å²) in [6.45, 7) is 2.66. The largest absolute Gasteiger partial charge is 0.489 e. The number of rotatable bonds is 9. The Hall–Kier alpha value is -3.54. The molecule has 0 spiro atoms. The first-order valence-electron chi connectivity index (χ1n) is 15.5. The molecule has 0 unspecified atom stereocenters. The fraction of sp³-hybridized carbons (Fsp3) is 0.342. The number of primary amides is 1. The van der Waals surface area contributed by atoms with E-state index in [1.165, 1.54) is 30.5 Å². The highest BCUT2D eigenvalue weighted by atomic mass is 127. The van der Waals surface area contributed by atoms with Crippen LogP contribution in [0.3, 0.4) is 0 Å². The number of amides is 1. The lowest BCUT2D eigenvalue weighted by atomic mass is 10.1. The van der Waals surface area contributed by atoms with E-state index >= 15 is 0 Å². The van der Waals surface area contributed by atoms with E-state index in [1.54, 1.807) is 30.3 Å². The Morgan fingerprint density at radius 3 is 1.51 bits per heavy atom. The second-order valence-corrected chi connectivity index (χ2v) is 11.3. The molecule has 252 valence electrons. The van der Waals surface area contributed by atoms with Gasteiger partial charge in [-0.3, -0.25) is 10.1 Å². The normalized spacial score (nSPS) is 19.7. The number of carbonyl (C=O) groups excluding carboxylic acids is 1. The maximum Gasteiger partial charge on any atom is 0.234 e. The van der Waals surface area contributed by atoms with E-state index in [-0.39, 0.29) is 50.3 Å². The summed E-state index contributed by atoms with van der Waals surface area (Å²) in [6, 6.07) is 29.9. The van der Waals surface area contributed by atoms with E-state index in [9.17, 15) is 13.6 Å². The Labute approximate surface area is 291 Å². The number of hydrogen-bond donors (Lipinski definition) is 3. The second-order valence-electron chi connectivity index (χ2n) is 11.3. The van der Waals surface area contributed by atoms with Gasteiger partial charge in [0.05, 0.1) is 6.04 Å². The number of hydrogen-bond acceptors (Lipinski definition) is 5. The number of halogens is 3. The molecule has 0 saturated carbocycles. The minimum atomic E-state index is -0.308. The van der Waals surface area contributed by atoms with Crippen LogP contribution in [0, 0.1) is 11.6 Å². The predicted octanol–water partition coefficient (Wildman–Crippen LogP) is 8.59. The van der Waals surface area contributed by atoms with Crippen LogP contribution in [0.15, 0.2) is 97.1 Å². The van der Waals surface area contributed by atoms with E-state index in [0.717, 1.165) is 24.2 Å². The zero-order valence-corrected chi connectivity index (χ0v) is 28.4. The number of carbonyl (C=O) groups is 1. The van der Waals surface area contributed by atoms with Gasteiger partial charge in [-0.15, -0.1) is 0 Å². The van der Waals surface area contributed by atoms with Gasteiger partial charge in [-0.05, 0) is 85.1 Å². The highest BCUT2D eigenvalue weighted by molar-refractivity contribution is 14.1. The van der Waals surface area contributed by atoms with Crippen molar-refractivity contribution >= 4 is 28.5 Å². The molecular formula is C38H46F2IN3O3. The summed E-state index contributed by atoms with van der Waals surface area (Å²) in [7, 11) is 0. The first kappa shape index (κ1) is 37.9. The summed E-state index contributed by atoms with van der Waals surface area (Å²) in [4.78, 5) is 13.2. The van der Waals surface area contributed by atoms with Crippen molar-refractivity contribution in [1.82, 2.24) is 10.6 Å². The van der Waals surface area contributed by atoms with Crippen LogP contribution in [-0.4, -0.2) is 22.9 Å². The lowest BCUT2D eigenvalue weighted by Crippen LogP contribution is -2.37.